The van der Waals surface area contributed by atoms with Crippen LogP contribution < -0.4 is 0 Å². The smallest absolute Gasteiger partial charge is 0.249 e. The molecule has 5 nitrogen and oxygen atoms in total. The Balaban J connectivity index is 1.45. The van der Waals surface area contributed by atoms with Gasteiger partial charge < -0.3 is 14.6 Å². The van der Waals surface area contributed by atoms with Crippen molar-refractivity contribution in [3.8, 4) is 11.3 Å². The molecule has 1 saturated carbocycles. The molecule has 2 aliphatic rings. The summed E-state index contributed by atoms with van der Waals surface area (Å²) in [7, 11) is 0. The molecule has 25 heavy (non-hydrogen) atoms. The molecule has 1 atom stereocenters. The minimum absolute atomic E-state index is 0.00647. The third-order valence-corrected chi connectivity index (χ3v) is 4.92. The first-order valence-corrected chi connectivity index (χ1v) is 8.89. The molecule has 2 fully saturated rings. The van der Waals surface area contributed by atoms with Gasteiger partial charge in [-0.15, -0.1) is 0 Å². The second-order valence-electron chi connectivity index (χ2n) is 6.87. The van der Waals surface area contributed by atoms with Crippen molar-refractivity contribution in [2.45, 2.75) is 31.7 Å². The fourth-order valence-electron chi connectivity index (χ4n) is 3.35. The Morgan fingerprint density at radius 2 is 2.16 bits per heavy atom. The van der Waals surface area contributed by atoms with E-state index in [-0.39, 0.29) is 24.4 Å². The average molecular weight is 343 g/mol. The van der Waals surface area contributed by atoms with Crippen LogP contribution in [0.2, 0.25) is 0 Å². The number of hydrogen-bond acceptors (Lipinski definition) is 3. The summed E-state index contributed by atoms with van der Waals surface area (Å²) in [5.41, 5.74) is 1.13. The van der Waals surface area contributed by atoms with Crippen molar-refractivity contribution in [2.24, 2.45) is 5.92 Å². The third kappa shape index (κ3) is 3.58. The summed E-state index contributed by atoms with van der Waals surface area (Å²) in [5, 5.41) is 0. The predicted octanol–water partition coefficient (Wildman–Crippen LogP) is 3.31. The molecule has 0 bridgehead atoms. The summed E-state index contributed by atoms with van der Waals surface area (Å²) in [6, 6.07) is 6.52. The molecule has 0 spiro atoms. The Labute approximate surface area is 146 Å². The van der Waals surface area contributed by atoms with Crippen LogP contribution >= 0.6 is 0 Å². The molecule has 1 aromatic carbocycles. The summed E-state index contributed by atoms with van der Waals surface area (Å²) in [5.74, 6) is 1.08. The maximum absolute atomic E-state index is 13.9. The highest BCUT2D eigenvalue weighted by Crippen LogP contribution is 2.32. The SMILES string of the molecule is O=C(COCC1CC1)N1CCC[C@@H]1c1ncc(-c2ccccc2F)[nH]1. The molecule has 1 aromatic heterocycles. The number of carbonyl (C=O) groups is 1. The van der Waals surface area contributed by atoms with Crippen molar-refractivity contribution in [1.82, 2.24) is 14.9 Å². The number of ether oxygens (including phenoxy) is 1. The van der Waals surface area contributed by atoms with Crippen LogP contribution in [0.4, 0.5) is 4.39 Å². The number of benzene rings is 1. The van der Waals surface area contributed by atoms with Crippen molar-refractivity contribution >= 4 is 5.91 Å². The van der Waals surface area contributed by atoms with Crippen molar-refractivity contribution in [3.63, 3.8) is 0 Å². The number of hydrogen-bond donors (Lipinski definition) is 1. The summed E-state index contributed by atoms with van der Waals surface area (Å²) in [6.45, 7) is 1.53. The summed E-state index contributed by atoms with van der Waals surface area (Å²) in [4.78, 5) is 21.9. The maximum atomic E-state index is 13.9. The molecule has 2 aromatic rings. The van der Waals surface area contributed by atoms with Crippen molar-refractivity contribution < 1.29 is 13.9 Å². The van der Waals surface area contributed by atoms with Crippen molar-refractivity contribution in [3.05, 3.63) is 42.1 Å². The minimum Gasteiger partial charge on any atom is -0.371 e. The molecule has 0 radical (unpaired) electrons. The second kappa shape index (κ2) is 6.96. The van der Waals surface area contributed by atoms with Crippen LogP contribution in [0.1, 0.15) is 37.5 Å². The van der Waals surface area contributed by atoms with E-state index in [0.717, 1.165) is 12.8 Å². The van der Waals surface area contributed by atoms with Crippen molar-refractivity contribution in [1.29, 1.82) is 0 Å². The van der Waals surface area contributed by atoms with E-state index in [0.29, 0.717) is 36.2 Å². The standard InChI is InChI=1S/C19H22FN3O2/c20-15-5-2-1-4-14(15)16-10-21-19(22-16)17-6-3-9-23(17)18(24)12-25-11-13-7-8-13/h1-2,4-5,10,13,17H,3,6-9,11-12H2,(H,21,22)/t17-/m1/s1. The van der Waals surface area contributed by atoms with Gasteiger partial charge in [0.05, 0.1) is 24.5 Å². The van der Waals surface area contributed by atoms with E-state index in [1.807, 2.05) is 4.90 Å². The predicted molar refractivity (Wildman–Crippen MR) is 91.2 cm³/mol. The highest BCUT2D eigenvalue weighted by molar-refractivity contribution is 5.78. The number of aromatic amines is 1. The zero-order chi connectivity index (χ0) is 17.2. The van der Waals surface area contributed by atoms with Crippen LogP contribution in [0.15, 0.2) is 30.5 Å². The Hall–Kier alpha value is -2.21. The zero-order valence-electron chi connectivity index (χ0n) is 14.1. The van der Waals surface area contributed by atoms with Gasteiger partial charge >= 0.3 is 0 Å². The van der Waals surface area contributed by atoms with E-state index in [1.165, 1.54) is 18.9 Å². The van der Waals surface area contributed by atoms with E-state index >= 15 is 0 Å². The number of aromatic nitrogens is 2. The van der Waals surface area contributed by atoms with Gasteiger partial charge in [-0.05, 0) is 43.7 Å². The van der Waals surface area contributed by atoms with Gasteiger partial charge in [0.25, 0.3) is 0 Å². The lowest BCUT2D eigenvalue weighted by molar-refractivity contribution is -0.137. The lowest BCUT2D eigenvalue weighted by atomic mass is 10.1. The fourth-order valence-corrected chi connectivity index (χ4v) is 3.35. The molecule has 1 amide bonds. The second-order valence-corrected chi connectivity index (χ2v) is 6.87. The first kappa shape index (κ1) is 16.3. The van der Waals surface area contributed by atoms with E-state index < -0.39 is 0 Å². The molecule has 1 N–H and O–H groups in total. The third-order valence-electron chi connectivity index (χ3n) is 4.92. The topological polar surface area (TPSA) is 58.2 Å². The van der Waals surface area contributed by atoms with Gasteiger partial charge in [-0.1, -0.05) is 12.1 Å². The average Bonchev–Trinajstić information content (AvgIpc) is 3.11. The van der Waals surface area contributed by atoms with Gasteiger partial charge in [0, 0.05) is 12.1 Å². The van der Waals surface area contributed by atoms with Gasteiger partial charge in [-0.3, -0.25) is 4.79 Å². The Bertz CT molecular complexity index is 757. The van der Waals surface area contributed by atoms with E-state index in [4.69, 9.17) is 4.74 Å². The molecular formula is C19H22FN3O2. The minimum atomic E-state index is -0.287. The Morgan fingerprint density at radius 1 is 1.32 bits per heavy atom. The fraction of sp³-hybridized carbons (Fsp3) is 0.474. The van der Waals surface area contributed by atoms with Gasteiger partial charge in [0.1, 0.15) is 18.2 Å². The number of amides is 1. The molecule has 4 rings (SSSR count). The number of rotatable bonds is 6. The summed E-state index contributed by atoms with van der Waals surface area (Å²) < 4.78 is 19.5. The largest absolute Gasteiger partial charge is 0.371 e. The summed E-state index contributed by atoms with van der Waals surface area (Å²) in [6.07, 6.45) is 5.86. The summed E-state index contributed by atoms with van der Waals surface area (Å²) >= 11 is 0. The number of nitrogens with one attached hydrogen (secondary N) is 1. The monoisotopic (exact) mass is 343 g/mol. The lowest BCUT2D eigenvalue weighted by Crippen LogP contribution is -2.34. The van der Waals surface area contributed by atoms with E-state index in [2.05, 4.69) is 9.97 Å². The van der Waals surface area contributed by atoms with Crippen LogP contribution in [-0.2, 0) is 9.53 Å². The number of halogens is 1. The van der Waals surface area contributed by atoms with Crippen LogP contribution in [-0.4, -0.2) is 40.5 Å². The number of H-pyrrole nitrogens is 1. The van der Waals surface area contributed by atoms with Crippen molar-refractivity contribution in [2.75, 3.05) is 19.8 Å². The highest BCUT2D eigenvalue weighted by Gasteiger charge is 2.32. The Kier molecular flexibility index (Phi) is 4.53. The number of nitrogens with zero attached hydrogens (tertiary/aromatic N) is 2. The molecule has 1 aliphatic heterocycles. The van der Waals surface area contributed by atoms with Crippen LogP contribution in [0.25, 0.3) is 11.3 Å². The maximum Gasteiger partial charge on any atom is 0.249 e. The number of likely N-dealkylation sites (tertiary alicyclic amines) is 1. The van der Waals surface area contributed by atoms with E-state index in [1.54, 1.807) is 24.4 Å². The molecule has 132 valence electrons. The quantitative estimate of drug-likeness (QED) is 0.875. The highest BCUT2D eigenvalue weighted by atomic mass is 19.1. The van der Waals surface area contributed by atoms with E-state index in [9.17, 15) is 9.18 Å². The first-order chi connectivity index (χ1) is 12.2. The Morgan fingerprint density at radius 3 is 2.96 bits per heavy atom. The van der Waals surface area contributed by atoms with Crippen LogP contribution in [0.5, 0.6) is 0 Å². The molecule has 2 heterocycles. The first-order valence-electron chi connectivity index (χ1n) is 8.89. The molecule has 1 aliphatic carbocycles. The normalized spacial score (nSPS) is 20.2. The van der Waals surface area contributed by atoms with Gasteiger partial charge in [-0.2, -0.15) is 0 Å². The van der Waals surface area contributed by atoms with Gasteiger partial charge in [0.15, 0.2) is 0 Å². The zero-order valence-corrected chi connectivity index (χ0v) is 14.1. The molecule has 1 saturated heterocycles. The van der Waals surface area contributed by atoms with Gasteiger partial charge in [0.2, 0.25) is 5.91 Å². The lowest BCUT2D eigenvalue weighted by Gasteiger charge is -2.23. The van der Waals surface area contributed by atoms with Crippen LogP contribution in [0.3, 0.4) is 0 Å². The number of carbonyl (C=O) groups excluding carboxylic acids is 1. The molecule has 6 heteroatoms. The molecular weight excluding hydrogens is 321 g/mol. The van der Waals surface area contributed by atoms with Crippen LogP contribution in [0, 0.1) is 11.7 Å². The molecule has 0 unspecified atom stereocenters. The number of imidazole rings is 1. The van der Waals surface area contributed by atoms with Gasteiger partial charge in [-0.25, -0.2) is 9.37 Å².